The molecule has 324 valence electrons. The largest absolute Gasteiger partial charge is 0.457 e. The standard InChI is InChI=1S/C62H50N4O/c1-35-13-9-14-36(2)53(35)49-27-25-47-45-23-21-43(33-51(45)61-63-29-31-65(61)59(47)57(49)55-39(5)17-11-18-40(55)6)67-44-22-24-46-48-26-28-50(54-37(3)15-10-16-38(54)4)58(56-41(7)19-12-20-42(56)8)60(48)66-32-30-64-62(66)52(46)34-44/h9-34H,1-8H3. The summed E-state index contributed by atoms with van der Waals surface area (Å²) in [5.41, 5.74) is 24.1. The third-order valence-corrected chi connectivity index (χ3v) is 14.4. The van der Waals surface area contributed by atoms with E-state index in [2.05, 4.69) is 210 Å². The Balaban J connectivity index is 1.04. The minimum absolute atomic E-state index is 0.744. The molecule has 5 nitrogen and oxygen atoms in total. The van der Waals surface area contributed by atoms with Crippen LogP contribution in [0.5, 0.6) is 11.5 Å². The van der Waals surface area contributed by atoms with Crippen molar-refractivity contribution in [3.05, 3.63) is 203 Å². The van der Waals surface area contributed by atoms with E-state index in [9.17, 15) is 0 Å². The molecule has 0 radical (unpaired) electrons. The topological polar surface area (TPSA) is 43.8 Å². The first-order valence-electron chi connectivity index (χ1n) is 23.2. The summed E-state index contributed by atoms with van der Waals surface area (Å²) < 4.78 is 11.4. The maximum Gasteiger partial charge on any atom is 0.145 e. The average Bonchev–Trinajstić information content (AvgIpc) is 4.01. The molecule has 0 saturated carbocycles. The summed E-state index contributed by atoms with van der Waals surface area (Å²) in [6.45, 7) is 17.8. The van der Waals surface area contributed by atoms with E-state index in [1.165, 1.54) is 99.8 Å². The van der Waals surface area contributed by atoms with Crippen molar-refractivity contribution in [2.75, 3.05) is 0 Å². The molecule has 0 aliphatic carbocycles. The van der Waals surface area contributed by atoms with Crippen LogP contribution in [0.4, 0.5) is 0 Å². The number of aromatic nitrogens is 4. The molecular weight excluding hydrogens is 817 g/mol. The van der Waals surface area contributed by atoms with E-state index in [-0.39, 0.29) is 0 Å². The Hall–Kier alpha value is -8.02. The Kier molecular flexibility index (Phi) is 9.24. The predicted octanol–water partition coefficient (Wildman–Crippen LogP) is 16.5. The lowest BCUT2D eigenvalue weighted by Gasteiger charge is -2.22. The Morgan fingerprint density at radius 1 is 0.328 bits per heavy atom. The van der Waals surface area contributed by atoms with Gasteiger partial charge in [-0.25, -0.2) is 9.97 Å². The molecule has 0 aliphatic rings. The molecule has 4 aromatic heterocycles. The lowest BCUT2D eigenvalue weighted by Crippen LogP contribution is -2.00. The SMILES string of the molecule is Cc1cccc(C)c1-c1ccc2c3ccc(Oc4ccc5c(c4)c4nccn4c4c(-c6c(C)cccc6C)c(-c6c(C)cccc6C)ccc54)cc3c3nccn3c2c1-c1c(C)cccc1C. The Labute approximate surface area is 390 Å². The molecule has 0 fully saturated rings. The molecule has 8 aromatic carbocycles. The van der Waals surface area contributed by atoms with Crippen molar-refractivity contribution in [3.63, 3.8) is 0 Å². The molecule has 0 atom stereocenters. The predicted molar refractivity (Wildman–Crippen MR) is 280 cm³/mol. The molecule has 0 spiro atoms. The van der Waals surface area contributed by atoms with Crippen LogP contribution in [0.25, 0.3) is 99.2 Å². The zero-order chi connectivity index (χ0) is 45.8. The third-order valence-electron chi connectivity index (χ3n) is 14.4. The van der Waals surface area contributed by atoms with Gasteiger partial charge in [0.2, 0.25) is 0 Å². The second-order valence-corrected chi connectivity index (χ2v) is 18.6. The first-order chi connectivity index (χ1) is 32.6. The monoisotopic (exact) mass is 866 g/mol. The second-order valence-electron chi connectivity index (χ2n) is 18.6. The normalized spacial score (nSPS) is 11.9. The first-order valence-corrected chi connectivity index (χ1v) is 23.2. The zero-order valence-corrected chi connectivity index (χ0v) is 39.2. The van der Waals surface area contributed by atoms with Crippen molar-refractivity contribution in [1.29, 1.82) is 0 Å². The number of hydrogen-bond acceptors (Lipinski definition) is 3. The molecule has 0 bridgehead atoms. The number of benzene rings is 8. The lowest BCUT2D eigenvalue weighted by molar-refractivity contribution is 0.484. The maximum absolute atomic E-state index is 6.85. The Bertz CT molecular complexity index is 3710. The van der Waals surface area contributed by atoms with Crippen molar-refractivity contribution in [2.24, 2.45) is 0 Å². The molecule has 0 saturated heterocycles. The van der Waals surface area contributed by atoms with Crippen LogP contribution >= 0.6 is 0 Å². The number of ether oxygens (including phenoxy) is 1. The van der Waals surface area contributed by atoms with Gasteiger partial charge in [0, 0.05) is 57.5 Å². The number of nitrogens with zero attached hydrogens (tertiary/aromatic N) is 4. The molecule has 0 unspecified atom stereocenters. The first kappa shape index (κ1) is 40.5. The van der Waals surface area contributed by atoms with Crippen LogP contribution in [0.1, 0.15) is 44.5 Å². The maximum atomic E-state index is 6.85. The highest BCUT2D eigenvalue weighted by atomic mass is 16.5. The van der Waals surface area contributed by atoms with Gasteiger partial charge in [0.25, 0.3) is 0 Å². The highest BCUT2D eigenvalue weighted by Crippen LogP contribution is 2.48. The summed E-state index contributed by atoms with van der Waals surface area (Å²) in [4.78, 5) is 10.1. The van der Waals surface area contributed by atoms with Gasteiger partial charge in [-0.2, -0.15) is 0 Å². The van der Waals surface area contributed by atoms with Crippen molar-refractivity contribution < 1.29 is 4.74 Å². The van der Waals surface area contributed by atoms with Crippen molar-refractivity contribution in [2.45, 2.75) is 55.4 Å². The number of hydrogen-bond donors (Lipinski definition) is 0. The smallest absolute Gasteiger partial charge is 0.145 e. The van der Waals surface area contributed by atoms with Gasteiger partial charge in [0.15, 0.2) is 0 Å². The molecule has 12 aromatic rings. The number of fused-ring (bicyclic) bond motifs is 12. The van der Waals surface area contributed by atoms with Gasteiger partial charge in [-0.15, -0.1) is 0 Å². The number of aryl methyl sites for hydroxylation is 8. The van der Waals surface area contributed by atoms with E-state index in [4.69, 9.17) is 14.7 Å². The highest BCUT2D eigenvalue weighted by Gasteiger charge is 2.24. The van der Waals surface area contributed by atoms with E-state index >= 15 is 0 Å². The summed E-state index contributed by atoms with van der Waals surface area (Å²) in [7, 11) is 0. The van der Waals surface area contributed by atoms with Crippen LogP contribution in [0.15, 0.2) is 158 Å². The summed E-state index contributed by atoms with van der Waals surface area (Å²) in [5.74, 6) is 1.49. The molecule has 0 aliphatic heterocycles. The fourth-order valence-corrected chi connectivity index (χ4v) is 11.5. The fourth-order valence-electron chi connectivity index (χ4n) is 11.5. The second kappa shape index (κ2) is 15.3. The number of imidazole rings is 2. The van der Waals surface area contributed by atoms with E-state index in [1.807, 2.05) is 12.4 Å². The van der Waals surface area contributed by atoms with E-state index in [1.54, 1.807) is 0 Å². The average molecular weight is 867 g/mol. The number of rotatable bonds is 6. The summed E-state index contributed by atoms with van der Waals surface area (Å²) >= 11 is 0. The molecule has 5 heteroatoms. The van der Waals surface area contributed by atoms with E-state index in [0.29, 0.717) is 0 Å². The Morgan fingerprint density at radius 3 is 1.01 bits per heavy atom. The Morgan fingerprint density at radius 2 is 0.657 bits per heavy atom. The van der Waals surface area contributed by atoms with Gasteiger partial charge in [-0.1, -0.05) is 97.1 Å². The summed E-state index contributed by atoms with van der Waals surface area (Å²) in [6.07, 6.45) is 8.05. The van der Waals surface area contributed by atoms with Crippen molar-refractivity contribution in [3.8, 4) is 56.0 Å². The van der Waals surface area contributed by atoms with Crippen LogP contribution in [0.2, 0.25) is 0 Å². The zero-order valence-electron chi connectivity index (χ0n) is 39.2. The van der Waals surface area contributed by atoms with Gasteiger partial charge >= 0.3 is 0 Å². The van der Waals surface area contributed by atoms with Gasteiger partial charge in [-0.05, 0) is 180 Å². The highest BCUT2D eigenvalue weighted by molar-refractivity contribution is 6.19. The molecule has 0 amide bonds. The van der Waals surface area contributed by atoms with Crippen LogP contribution < -0.4 is 4.74 Å². The minimum atomic E-state index is 0.744. The van der Waals surface area contributed by atoms with Crippen LogP contribution in [-0.4, -0.2) is 18.8 Å². The minimum Gasteiger partial charge on any atom is -0.457 e. The van der Waals surface area contributed by atoms with Crippen LogP contribution in [0, 0.1) is 55.4 Å². The fraction of sp³-hybridized carbons (Fsp3) is 0.129. The van der Waals surface area contributed by atoms with Crippen molar-refractivity contribution >= 4 is 54.6 Å². The van der Waals surface area contributed by atoms with Crippen LogP contribution in [-0.2, 0) is 0 Å². The quantitative estimate of drug-likeness (QED) is 0.156. The third kappa shape index (κ3) is 6.14. The van der Waals surface area contributed by atoms with E-state index in [0.717, 1.165) is 55.4 Å². The summed E-state index contributed by atoms with van der Waals surface area (Å²) in [6, 6.07) is 48.6. The lowest BCUT2D eigenvalue weighted by atomic mass is 9.84. The molecule has 4 heterocycles. The molecule has 67 heavy (non-hydrogen) atoms. The molecular formula is C62H50N4O. The van der Waals surface area contributed by atoms with Gasteiger partial charge in [-0.3, -0.25) is 8.80 Å². The molecule has 0 N–H and O–H groups in total. The number of pyridine rings is 2. The summed E-state index contributed by atoms with van der Waals surface area (Å²) in [5, 5.41) is 6.66. The molecule has 12 rings (SSSR count). The van der Waals surface area contributed by atoms with E-state index < -0.39 is 0 Å². The van der Waals surface area contributed by atoms with Gasteiger partial charge in [0.05, 0.1) is 11.0 Å². The van der Waals surface area contributed by atoms with Gasteiger partial charge in [0.1, 0.15) is 22.8 Å². The van der Waals surface area contributed by atoms with Gasteiger partial charge < -0.3 is 4.74 Å². The van der Waals surface area contributed by atoms with Crippen LogP contribution in [0.3, 0.4) is 0 Å². The van der Waals surface area contributed by atoms with Crippen molar-refractivity contribution in [1.82, 2.24) is 18.8 Å².